The normalized spacial score (nSPS) is 12.1. The summed E-state index contributed by atoms with van der Waals surface area (Å²) >= 11 is 0. The van der Waals surface area contributed by atoms with Crippen molar-refractivity contribution in [2.45, 2.75) is 367 Å². The summed E-state index contributed by atoms with van der Waals surface area (Å²) in [6.07, 6.45) is 73.2. The molecule has 6 heteroatoms. The van der Waals surface area contributed by atoms with Crippen molar-refractivity contribution in [3.63, 3.8) is 0 Å². The third kappa shape index (κ3) is 58.8. The molecular weight excluding hydrogens is 889 g/mol. The number of esters is 3. The summed E-state index contributed by atoms with van der Waals surface area (Å²) in [5.74, 6) is -0.853. The van der Waals surface area contributed by atoms with E-state index in [0.29, 0.717) is 19.3 Å². The lowest BCUT2D eigenvalue weighted by molar-refractivity contribution is -0.167. The standard InChI is InChI=1S/C66H124O6/c1-4-7-10-13-16-19-22-25-28-30-32-33-34-36-38-41-44-47-50-53-56-59-65(68)71-62-63(61-70-64(67)58-55-52-49-46-43-40-37-27-24-21-18-15-12-9-6-3)72-66(69)60-57-54-51-48-45-42-39-35-31-29-26-23-20-17-14-11-8-5-2/h27,30,32,37,63H,4-26,28-29,31,33-36,38-62H2,1-3H3/b32-30-,37-27-. The summed E-state index contributed by atoms with van der Waals surface area (Å²) in [5.41, 5.74) is 0. The zero-order valence-electron chi connectivity index (χ0n) is 48.7. The summed E-state index contributed by atoms with van der Waals surface area (Å²) in [4.78, 5) is 38.3. The van der Waals surface area contributed by atoms with Crippen molar-refractivity contribution in [1.29, 1.82) is 0 Å². The topological polar surface area (TPSA) is 78.9 Å². The zero-order valence-corrected chi connectivity index (χ0v) is 48.7. The van der Waals surface area contributed by atoms with E-state index >= 15 is 0 Å². The molecule has 0 amide bonds. The molecule has 0 spiro atoms. The number of ether oxygens (including phenoxy) is 3. The van der Waals surface area contributed by atoms with Gasteiger partial charge in [-0.05, 0) is 70.6 Å². The highest BCUT2D eigenvalue weighted by Gasteiger charge is 2.19. The van der Waals surface area contributed by atoms with Gasteiger partial charge < -0.3 is 14.2 Å². The molecule has 0 heterocycles. The first-order valence-corrected chi connectivity index (χ1v) is 32.3. The highest BCUT2D eigenvalue weighted by molar-refractivity contribution is 5.71. The number of unbranched alkanes of at least 4 members (excludes halogenated alkanes) is 45. The second kappa shape index (κ2) is 61.4. The van der Waals surface area contributed by atoms with Crippen LogP contribution in [0.3, 0.4) is 0 Å². The summed E-state index contributed by atoms with van der Waals surface area (Å²) < 4.78 is 16.9. The molecule has 0 aromatic rings. The van der Waals surface area contributed by atoms with Crippen LogP contribution in [0.2, 0.25) is 0 Å². The van der Waals surface area contributed by atoms with Crippen molar-refractivity contribution in [3.05, 3.63) is 24.3 Å². The Labute approximate surface area is 449 Å². The van der Waals surface area contributed by atoms with E-state index in [2.05, 4.69) is 45.1 Å². The lowest BCUT2D eigenvalue weighted by atomic mass is 10.0. The van der Waals surface area contributed by atoms with Crippen LogP contribution in [0.4, 0.5) is 0 Å². The minimum absolute atomic E-state index is 0.0700. The maximum absolute atomic E-state index is 12.9. The summed E-state index contributed by atoms with van der Waals surface area (Å²) in [5, 5.41) is 0. The lowest BCUT2D eigenvalue weighted by Crippen LogP contribution is -2.30. The van der Waals surface area contributed by atoms with E-state index < -0.39 is 6.10 Å². The fourth-order valence-corrected chi connectivity index (χ4v) is 9.79. The van der Waals surface area contributed by atoms with Crippen LogP contribution in [-0.2, 0) is 28.6 Å². The quantitative estimate of drug-likeness (QED) is 0.0261. The van der Waals surface area contributed by atoms with Gasteiger partial charge in [0.15, 0.2) is 6.10 Å². The van der Waals surface area contributed by atoms with Crippen molar-refractivity contribution >= 4 is 17.9 Å². The molecular formula is C66H124O6. The Kier molecular flexibility index (Phi) is 59.6. The highest BCUT2D eigenvalue weighted by Crippen LogP contribution is 2.18. The predicted octanol–water partition coefficient (Wildman–Crippen LogP) is 21.8. The van der Waals surface area contributed by atoms with Gasteiger partial charge in [0.1, 0.15) is 13.2 Å². The van der Waals surface area contributed by atoms with Crippen LogP contribution < -0.4 is 0 Å². The number of carbonyl (C=O) groups excluding carboxylic acids is 3. The molecule has 0 radical (unpaired) electrons. The first-order chi connectivity index (χ1) is 35.5. The molecule has 1 unspecified atom stereocenters. The second-order valence-corrected chi connectivity index (χ2v) is 22.0. The Morgan fingerprint density at radius 2 is 0.458 bits per heavy atom. The first kappa shape index (κ1) is 69.9. The number of allylic oxidation sites excluding steroid dienone is 4. The summed E-state index contributed by atoms with van der Waals surface area (Å²) in [6.45, 7) is 6.69. The van der Waals surface area contributed by atoms with Gasteiger partial charge in [0.05, 0.1) is 0 Å². The van der Waals surface area contributed by atoms with Crippen molar-refractivity contribution in [3.8, 4) is 0 Å². The minimum Gasteiger partial charge on any atom is -0.462 e. The Morgan fingerprint density at radius 3 is 0.694 bits per heavy atom. The predicted molar refractivity (Wildman–Crippen MR) is 312 cm³/mol. The molecule has 0 saturated carbocycles. The number of hydrogen-bond donors (Lipinski definition) is 0. The van der Waals surface area contributed by atoms with Gasteiger partial charge in [0.2, 0.25) is 0 Å². The molecule has 72 heavy (non-hydrogen) atoms. The molecule has 1 atom stereocenters. The van der Waals surface area contributed by atoms with E-state index in [9.17, 15) is 14.4 Å². The van der Waals surface area contributed by atoms with Crippen molar-refractivity contribution in [2.75, 3.05) is 13.2 Å². The molecule has 0 N–H and O–H groups in total. The Hall–Kier alpha value is -2.11. The van der Waals surface area contributed by atoms with Gasteiger partial charge in [-0.25, -0.2) is 0 Å². The molecule has 6 nitrogen and oxygen atoms in total. The van der Waals surface area contributed by atoms with Crippen LogP contribution in [0, 0.1) is 0 Å². The monoisotopic (exact) mass is 1010 g/mol. The van der Waals surface area contributed by atoms with Gasteiger partial charge in [0.25, 0.3) is 0 Å². The van der Waals surface area contributed by atoms with E-state index in [1.54, 1.807) is 0 Å². The third-order valence-electron chi connectivity index (χ3n) is 14.7. The van der Waals surface area contributed by atoms with E-state index in [-0.39, 0.29) is 31.1 Å². The Morgan fingerprint density at radius 1 is 0.264 bits per heavy atom. The Balaban J connectivity index is 4.31. The number of carbonyl (C=O) groups is 3. The van der Waals surface area contributed by atoms with Gasteiger partial charge in [0, 0.05) is 19.3 Å². The summed E-state index contributed by atoms with van der Waals surface area (Å²) in [6, 6.07) is 0. The van der Waals surface area contributed by atoms with Crippen molar-refractivity contribution < 1.29 is 28.6 Å². The fourth-order valence-electron chi connectivity index (χ4n) is 9.79. The van der Waals surface area contributed by atoms with Gasteiger partial charge in [-0.15, -0.1) is 0 Å². The average molecular weight is 1010 g/mol. The van der Waals surface area contributed by atoms with Gasteiger partial charge in [-0.2, -0.15) is 0 Å². The molecule has 0 saturated heterocycles. The average Bonchev–Trinajstić information content (AvgIpc) is 3.38. The molecule has 0 bridgehead atoms. The van der Waals surface area contributed by atoms with Gasteiger partial charge in [-0.3, -0.25) is 14.4 Å². The molecule has 0 aromatic heterocycles. The maximum atomic E-state index is 12.9. The Bertz CT molecular complexity index is 1160. The number of hydrogen-bond acceptors (Lipinski definition) is 6. The molecule has 0 aliphatic rings. The van der Waals surface area contributed by atoms with E-state index in [1.165, 1.54) is 257 Å². The lowest BCUT2D eigenvalue weighted by Gasteiger charge is -2.18. The minimum atomic E-state index is -0.772. The molecule has 0 aromatic carbocycles. The second-order valence-electron chi connectivity index (χ2n) is 22.0. The molecule has 424 valence electrons. The van der Waals surface area contributed by atoms with E-state index in [4.69, 9.17) is 14.2 Å². The maximum Gasteiger partial charge on any atom is 0.306 e. The molecule has 0 aliphatic heterocycles. The van der Waals surface area contributed by atoms with Crippen molar-refractivity contribution in [2.24, 2.45) is 0 Å². The van der Waals surface area contributed by atoms with Crippen LogP contribution in [-0.4, -0.2) is 37.2 Å². The van der Waals surface area contributed by atoms with Gasteiger partial charge in [-0.1, -0.05) is 295 Å². The SMILES string of the molecule is CCCCCCCC/C=C\CCCCCCCC(=O)OCC(COC(=O)CCCCCCCCCCC/C=C\CCCCCCCCCC)OC(=O)CCCCCCCCCCCCCCCCCCCC. The van der Waals surface area contributed by atoms with Crippen LogP contribution in [0.1, 0.15) is 361 Å². The van der Waals surface area contributed by atoms with Crippen LogP contribution in [0.15, 0.2) is 24.3 Å². The highest BCUT2D eigenvalue weighted by atomic mass is 16.6. The van der Waals surface area contributed by atoms with Crippen LogP contribution in [0.5, 0.6) is 0 Å². The van der Waals surface area contributed by atoms with Crippen LogP contribution in [0.25, 0.3) is 0 Å². The fraction of sp³-hybridized carbons (Fsp3) is 0.894. The summed E-state index contributed by atoms with van der Waals surface area (Å²) in [7, 11) is 0. The first-order valence-electron chi connectivity index (χ1n) is 32.3. The van der Waals surface area contributed by atoms with Crippen LogP contribution >= 0.6 is 0 Å². The zero-order chi connectivity index (χ0) is 52.2. The third-order valence-corrected chi connectivity index (χ3v) is 14.7. The molecule has 0 aliphatic carbocycles. The largest absolute Gasteiger partial charge is 0.462 e. The van der Waals surface area contributed by atoms with Crippen molar-refractivity contribution in [1.82, 2.24) is 0 Å². The smallest absolute Gasteiger partial charge is 0.306 e. The van der Waals surface area contributed by atoms with Gasteiger partial charge >= 0.3 is 17.9 Å². The molecule has 0 rings (SSSR count). The molecule has 0 fully saturated rings. The van der Waals surface area contributed by atoms with E-state index in [0.717, 1.165) is 64.2 Å². The number of rotatable bonds is 60. The van der Waals surface area contributed by atoms with E-state index in [1.807, 2.05) is 0 Å².